The second kappa shape index (κ2) is 6.38. The van der Waals surface area contributed by atoms with Crippen LogP contribution in [0.25, 0.3) is 54.2 Å². The molecule has 6 aromatic rings. The van der Waals surface area contributed by atoms with Gasteiger partial charge in [-0.25, -0.2) is 9.97 Å². The fourth-order valence-corrected chi connectivity index (χ4v) is 5.69. The fraction of sp³-hybridized carbons (Fsp3) is 0.185. The normalized spacial score (nSPS) is 12.5. The number of rotatable bonds is 1. The zero-order valence-corrected chi connectivity index (χ0v) is 18.8. The lowest BCUT2D eigenvalue weighted by molar-refractivity contribution is 0.596. The molecule has 0 amide bonds. The minimum absolute atomic E-state index is 0.0123. The Kier molecular flexibility index (Phi) is 3.81. The maximum absolute atomic E-state index is 6.17. The first-order valence-electron chi connectivity index (χ1n) is 10.5. The number of hydrogen-bond donors (Lipinski definition) is 0. The van der Waals surface area contributed by atoms with Crippen LogP contribution < -0.4 is 0 Å². The summed E-state index contributed by atoms with van der Waals surface area (Å²) in [5.74, 6) is 0. The molecule has 0 saturated carbocycles. The number of aryl methyl sites for hydroxylation is 1. The zero-order chi connectivity index (χ0) is 21.3. The van der Waals surface area contributed by atoms with Gasteiger partial charge in [-0.05, 0) is 69.3 Å². The van der Waals surface area contributed by atoms with Crippen molar-refractivity contribution in [2.75, 3.05) is 0 Å². The Hall–Kier alpha value is -3.24. The van der Waals surface area contributed by atoms with Gasteiger partial charge in [0.15, 0.2) is 0 Å². The van der Waals surface area contributed by atoms with Gasteiger partial charge >= 0.3 is 0 Å². The first kappa shape index (κ1) is 18.5. The summed E-state index contributed by atoms with van der Waals surface area (Å²) in [7, 11) is 0. The molecule has 0 bridgehead atoms. The maximum Gasteiger partial charge on any atom is 0.231 e. The van der Waals surface area contributed by atoms with Crippen molar-refractivity contribution in [3.8, 4) is 11.3 Å². The van der Waals surface area contributed by atoms with Crippen LogP contribution in [0.4, 0.5) is 0 Å². The fourth-order valence-electron chi connectivity index (χ4n) is 4.59. The van der Waals surface area contributed by atoms with E-state index in [0.717, 1.165) is 27.6 Å². The molecule has 0 aliphatic rings. The first-order valence-corrected chi connectivity index (χ1v) is 11.4. The third-order valence-corrected chi connectivity index (χ3v) is 7.24. The van der Waals surface area contributed by atoms with Gasteiger partial charge in [0.25, 0.3) is 0 Å². The molecule has 0 spiro atoms. The van der Waals surface area contributed by atoms with E-state index in [1.54, 1.807) is 17.7 Å². The number of thiophene rings is 1. The van der Waals surface area contributed by atoms with E-state index < -0.39 is 0 Å². The van der Waals surface area contributed by atoms with Crippen LogP contribution in [-0.2, 0) is 5.41 Å². The van der Waals surface area contributed by atoms with Gasteiger partial charge in [0.05, 0.1) is 11.1 Å². The van der Waals surface area contributed by atoms with Gasteiger partial charge in [0.2, 0.25) is 5.71 Å². The molecule has 0 fully saturated rings. The average molecular weight is 423 g/mol. The molecule has 3 aromatic carbocycles. The van der Waals surface area contributed by atoms with Gasteiger partial charge in [0, 0.05) is 15.6 Å². The van der Waals surface area contributed by atoms with E-state index in [1.807, 2.05) is 0 Å². The summed E-state index contributed by atoms with van der Waals surface area (Å²) in [5.41, 5.74) is 6.15. The zero-order valence-electron chi connectivity index (χ0n) is 18.0. The number of aromatic nitrogens is 2. The lowest BCUT2D eigenvalue weighted by Crippen LogP contribution is -2.12. The van der Waals surface area contributed by atoms with Gasteiger partial charge in [-0.3, -0.25) is 0 Å². The quantitative estimate of drug-likeness (QED) is 0.269. The van der Waals surface area contributed by atoms with Crippen LogP contribution in [0.15, 0.2) is 64.7 Å². The maximum atomic E-state index is 6.17. The average Bonchev–Trinajstić information content (AvgIpc) is 3.32. The molecule has 4 heteroatoms. The van der Waals surface area contributed by atoms with Crippen molar-refractivity contribution in [1.82, 2.24) is 9.97 Å². The third kappa shape index (κ3) is 2.71. The second-order valence-corrected chi connectivity index (χ2v) is 10.1. The van der Waals surface area contributed by atoms with E-state index in [-0.39, 0.29) is 5.41 Å². The molecule has 0 aliphatic carbocycles. The largest absolute Gasteiger partial charge is 0.438 e. The highest BCUT2D eigenvalue weighted by molar-refractivity contribution is 7.18. The smallest absolute Gasteiger partial charge is 0.231 e. The van der Waals surface area contributed by atoms with Crippen molar-refractivity contribution in [2.45, 2.75) is 33.1 Å². The molecule has 0 atom stereocenters. The van der Waals surface area contributed by atoms with Crippen molar-refractivity contribution in [2.24, 2.45) is 0 Å². The number of nitrogens with zero attached hydrogens (tertiary/aromatic N) is 2. The lowest BCUT2D eigenvalue weighted by atomic mass is 9.82. The number of furan rings is 1. The summed E-state index contributed by atoms with van der Waals surface area (Å²) in [6.07, 6.45) is 1.61. The summed E-state index contributed by atoms with van der Waals surface area (Å²) in [4.78, 5) is 9.26. The second-order valence-electron chi connectivity index (χ2n) is 9.23. The summed E-state index contributed by atoms with van der Waals surface area (Å²) < 4.78 is 7.41. The molecule has 3 aromatic heterocycles. The molecule has 0 N–H and O–H groups in total. The van der Waals surface area contributed by atoms with E-state index in [0.29, 0.717) is 5.71 Å². The molecule has 0 unspecified atom stereocenters. The Labute approximate surface area is 184 Å². The SMILES string of the molecule is Cc1csc2c1ccc1oc3ncnc(-c4cc(C(C)(C)C)c5ccccc5c4)c3c12. The van der Waals surface area contributed by atoms with Crippen LogP contribution >= 0.6 is 11.3 Å². The monoisotopic (exact) mass is 422 g/mol. The van der Waals surface area contributed by atoms with Crippen LogP contribution in [0.1, 0.15) is 31.9 Å². The van der Waals surface area contributed by atoms with Gasteiger partial charge in [-0.1, -0.05) is 45.0 Å². The van der Waals surface area contributed by atoms with Crippen molar-refractivity contribution in [1.29, 1.82) is 0 Å². The topological polar surface area (TPSA) is 38.9 Å². The van der Waals surface area contributed by atoms with E-state index in [4.69, 9.17) is 9.40 Å². The summed E-state index contributed by atoms with van der Waals surface area (Å²) in [6.45, 7) is 8.95. The number of fused-ring (bicyclic) bond motifs is 6. The molecule has 6 rings (SSSR count). The minimum Gasteiger partial charge on any atom is -0.438 e. The van der Waals surface area contributed by atoms with E-state index in [2.05, 4.69) is 86.6 Å². The molecule has 0 aliphatic heterocycles. The van der Waals surface area contributed by atoms with Gasteiger partial charge < -0.3 is 4.42 Å². The number of benzene rings is 3. The van der Waals surface area contributed by atoms with Crippen LogP contribution in [0.3, 0.4) is 0 Å². The van der Waals surface area contributed by atoms with Gasteiger partial charge in [-0.2, -0.15) is 0 Å². The van der Waals surface area contributed by atoms with Crippen molar-refractivity contribution in [3.63, 3.8) is 0 Å². The molecular formula is C27H22N2OS. The predicted molar refractivity (Wildman–Crippen MR) is 131 cm³/mol. The number of hydrogen-bond acceptors (Lipinski definition) is 4. The van der Waals surface area contributed by atoms with Crippen molar-refractivity contribution in [3.05, 3.63) is 71.4 Å². The Morgan fingerprint density at radius 3 is 2.58 bits per heavy atom. The van der Waals surface area contributed by atoms with Gasteiger partial charge in [-0.15, -0.1) is 11.3 Å². The lowest BCUT2D eigenvalue weighted by Gasteiger charge is -2.22. The van der Waals surface area contributed by atoms with E-state index in [1.165, 1.54) is 32.0 Å². The molecule has 31 heavy (non-hydrogen) atoms. The van der Waals surface area contributed by atoms with Crippen LogP contribution in [-0.4, -0.2) is 9.97 Å². The standard InChI is InChI=1S/C27H22N2OS/c1-15-13-31-25-18(15)9-10-21-22(25)23-24(28-14-29-26(23)30-21)17-11-16-7-5-6-8-19(16)20(12-17)27(2,3)4/h5-14H,1-4H3. The van der Waals surface area contributed by atoms with Gasteiger partial charge in [0.1, 0.15) is 11.9 Å². The highest BCUT2D eigenvalue weighted by Crippen LogP contribution is 2.42. The summed E-state index contributed by atoms with van der Waals surface area (Å²) >= 11 is 1.76. The Morgan fingerprint density at radius 2 is 1.74 bits per heavy atom. The first-order chi connectivity index (χ1) is 14.9. The molecular weight excluding hydrogens is 400 g/mol. The molecule has 0 radical (unpaired) electrons. The van der Waals surface area contributed by atoms with Crippen LogP contribution in [0, 0.1) is 6.92 Å². The van der Waals surface area contributed by atoms with E-state index in [9.17, 15) is 0 Å². The van der Waals surface area contributed by atoms with Crippen LogP contribution in [0.5, 0.6) is 0 Å². The molecule has 152 valence electrons. The van der Waals surface area contributed by atoms with E-state index >= 15 is 0 Å². The third-order valence-electron chi connectivity index (χ3n) is 6.11. The Bertz CT molecular complexity index is 1630. The summed E-state index contributed by atoms with van der Waals surface area (Å²) in [6, 6.07) is 17.3. The highest BCUT2D eigenvalue weighted by atomic mass is 32.1. The summed E-state index contributed by atoms with van der Waals surface area (Å²) in [5, 5.41) is 8.11. The molecule has 0 saturated heterocycles. The minimum atomic E-state index is 0.0123. The Morgan fingerprint density at radius 1 is 0.903 bits per heavy atom. The van der Waals surface area contributed by atoms with Crippen molar-refractivity contribution >= 4 is 54.3 Å². The van der Waals surface area contributed by atoms with Crippen molar-refractivity contribution < 1.29 is 4.42 Å². The predicted octanol–water partition coefficient (Wildman–Crippen LogP) is 8.02. The molecule has 3 nitrogen and oxygen atoms in total. The van der Waals surface area contributed by atoms with Crippen LogP contribution in [0.2, 0.25) is 0 Å². The Balaban J connectivity index is 1.76. The highest BCUT2D eigenvalue weighted by Gasteiger charge is 2.22. The molecule has 3 heterocycles.